The Morgan fingerprint density at radius 2 is 2.06 bits per heavy atom. The predicted octanol–water partition coefficient (Wildman–Crippen LogP) is 2.15. The van der Waals surface area contributed by atoms with Crippen molar-refractivity contribution in [2.24, 2.45) is 5.73 Å². The maximum absolute atomic E-state index is 11.7. The molecule has 18 heavy (non-hydrogen) atoms. The smallest absolute Gasteiger partial charge is 0.241 e. The van der Waals surface area contributed by atoms with Crippen molar-refractivity contribution in [3.63, 3.8) is 0 Å². The standard InChI is InChI=1S/C14H17N3O/c1-2-13(15)14(18)16-11-6-5-7-12(10-11)17-8-3-4-9-17/h3-10,13H,2,15H2,1H3,(H,16,18)/t13-/m0/s1. The quantitative estimate of drug-likeness (QED) is 0.864. The number of carbonyl (C=O) groups is 1. The van der Waals surface area contributed by atoms with Crippen LogP contribution in [-0.4, -0.2) is 16.5 Å². The highest BCUT2D eigenvalue weighted by Gasteiger charge is 2.10. The largest absolute Gasteiger partial charge is 0.325 e. The summed E-state index contributed by atoms with van der Waals surface area (Å²) in [4.78, 5) is 11.7. The lowest BCUT2D eigenvalue weighted by Gasteiger charge is -2.11. The average molecular weight is 243 g/mol. The first-order valence-corrected chi connectivity index (χ1v) is 6.00. The Kier molecular flexibility index (Phi) is 3.79. The third kappa shape index (κ3) is 2.78. The molecule has 0 aliphatic carbocycles. The van der Waals surface area contributed by atoms with Crippen molar-refractivity contribution in [3.8, 4) is 5.69 Å². The van der Waals surface area contributed by atoms with Gasteiger partial charge in [-0.3, -0.25) is 4.79 Å². The van der Waals surface area contributed by atoms with Gasteiger partial charge in [0, 0.05) is 23.8 Å². The Labute approximate surface area is 106 Å². The van der Waals surface area contributed by atoms with Crippen LogP contribution in [0.4, 0.5) is 5.69 Å². The van der Waals surface area contributed by atoms with E-state index in [9.17, 15) is 4.79 Å². The number of nitrogens with zero attached hydrogens (tertiary/aromatic N) is 1. The number of amides is 1. The first-order valence-electron chi connectivity index (χ1n) is 6.00. The third-order valence-electron chi connectivity index (χ3n) is 2.79. The number of nitrogens with two attached hydrogens (primary N) is 1. The molecule has 0 saturated carbocycles. The van der Waals surface area contributed by atoms with Crippen LogP contribution in [0.5, 0.6) is 0 Å². The fourth-order valence-electron chi connectivity index (χ4n) is 1.67. The third-order valence-corrected chi connectivity index (χ3v) is 2.79. The summed E-state index contributed by atoms with van der Waals surface area (Å²) in [6.07, 6.45) is 4.54. The van der Waals surface area contributed by atoms with E-state index in [0.29, 0.717) is 6.42 Å². The molecule has 1 aromatic carbocycles. The highest BCUT2D eigenvalue weighted by Crippen LogP contribution is 2.15. The van der Waals surface area contributed by atoms with Gasteiger partial charge in [-0.25, -0.2) is 0 Å². The molecule has 2 rings (SSSR count). The van der Waals surface area contributed by atoms with E-state index < -0.39 is 6.04 Å². The molecule has 0 bridgehead atoms. The molecule has 1 amide bonds. The maximum Gasteiger partial charge on any atom is 0.241 e. The second-order valence-electron chi connectivity index (χ2n) is 4.14. The van der Waals surface area contributed by atoms with Crippen LogP contribution in [0.2, 0.25) is 0 Å². The summed E-state index contributed by atoms with van der Waals surface area (Å²) in [5.74, 6) is -0.151. The molecule has 0 unspecified atom stereocenters. The van der Waals surface area contributed by atoms with Crippen molar-refractivity contribution < 1.29 is 4.79 Å². The fraction of sp³-hybridized carbons (Fsp3) is 0.214. The Morgan fingerprint density at radius 3 is 2.72 bits per heavy atom. The zero-order chi connectivity index (χ0) is 13.0. The van der Waals surface area contributed by atoms with E-state index in [2.05, 4.69) is 5.32 Å². The summed E-state index contributed by atoms with van der Waals surface area (Å²) in [5, 5.41) is 2.82. The second-order valence-corrected chi connectivity index (χ2v) is 4.14. The molecule has 1 heterocycles. The lowest BCUT2D eigenvalue weighted by Crippen LogP contribution is -2.34. The van der Waals surface area contributed by atoms with Gasteiger partial charge in [0.25, 0.3) is 0 Å². The molecule has 3 N–H and O–H groups in total. The molecule has 94 valence electrons. The number of benzene rings is 1. The minimum Gasteiger partial charge on any atom is -0.325 e. The van der Waals surface area contributed by atoms with Gasteiger partial charge in [0.05, 0.1) is 6.04 Å². The number of carbonyl (C=O) groups excluding carboxylic acids is 1. The fourth-order valence-corrected chi connectivity index (χ4v) is 1.67. The van der Waals surface area contributed by atoms with Crippen molar-refractivity contribution in [2.75, 3.05) is 5.32 Å². The van der Waals surface area contributed by atoms with Crippen LogP contribution in [0.25, 0.3) is 5.69 Å². The van der Waals surface area contributed by atoms with Crippen LogP contribution in [-0.2, 0) is 4.79 Å². The van der Waals surface area contributed by atoms with Gasteiger partial charge >= 0.3 is 0 Å². The summed E-state index contributed by atoms with van der Waals surface area (Å²) >= 11 is 0. The number of hydrogen-bond donors (Lipinski definition) is 2. The van der Waals surface area contributed by atoms with Gasteiger partial charge in [0.2, 0.25) is 5.91 Å². The number of hydrogen-bond acceptors (Lipinski definition) is 2. The molecule has 2 aromatic rings. The zero-order valence-electron chi connectivity index (χ0n) is 10.3. The highest BCUT2D eigenvalue weighted by atomic mass is 16.2. The van der Waals surface area contributed by atoms with E-state index in [1.807, 2.05) is 60.3 Å². The topological polar surface area (TPSA) is 60.1 Å². The van der Waals surface area contributed by atoms with Crippen LogP contribution in [0, 0.1) is 0 Å². The SMILES string of the molecule is CC[C@H](N)C(=O)Nc1cccc(-n2cccc2)c1. The van der Waals surface area contributed by atoms with Gasteiger partial charge in [0.1, 0.15) is 0 Å². The van der Waals surface area contributed by atoms with Gasteiger partial charge in [-0.2, -0.15) is 0 Å². The van der Waals surface area contributed by atoms with E-state index in [1.54, 1.807) is 0 Å². The van der Waals surface area contributed by atoms with E-state index in [-0.39, 0.29) is 5.91 Å². The Hall–Kier alpha value is -2.07. The molecule has 0 spiro atoms. The predicted molar refractivity (Wildman–Crippen MR) is 72.7 cm³/mol. The van der Waals surface area contributed by atoms with Crippen molar-refractivity contribution in [1.82, 2.24) is 4.57 Å². The van der Waals surface area contributed by atoms with Crippen LogP contribution in [0.1, 0.15) is 13.3 Å². The van der Waals surface area contributed by atoms with Crippen molar-refractivity contribution >= 4 is 11.6 Å². The molecule has 0 saturated heterocycles. The monoisotopic (exact) mass is 243 g/mol. The maximum atomic E-state index is 11.7. The van der Waals surface area contributed by atoms with Crippen molar-refractivity contribution in [2.45, 2.75) is 19.4 Å². The molecule has 0 aliphatic rings. The second kappa shape index (κ2) is 5.51. The van der Waals surface area contributed by atoms with Crippen LogP contribution in [0.15, 0.2) is 48.8 Å². The zero-order valence-corrected chi connectivity index (χ0v) is 10.3. The number of anilines is 1. The summed E-state index contributed by atoms with van der Waals surface area (Å²) < 4.78 is 1.98. The highest BCUT2D eigenvalue weighted by molar-refractivity contribution is 5.94. The van der Waals surface area contributed by atoms with Gasteiger partial charge in [-0.15, -0.1) is 0 Å². The number of aromatic nitrogens is 1. The molecule has 0 aliphatic heterocycles. The Morgan fingerprint density at radius 1 is 1.33 bits per heavy atom. The van der Waals surface area contributed by atoms with Crippen molar-refractivity contribution in [1.29, 1.82) is 0 Å². The minimum absolute atomic E-state index is 0.151. The van der Waals surface area contributed by atoms with Crippen LogP contribution < -0.4 is 11.1 Å². The van der Waals surface area contributed by atoms with Gasteiger partial charge < -0.3 is 15.6 Å². The summed E-state index contributed by atoms with van der Waals surface area (Å²) in [6.45, 7) is 1.89. The molecule has 1 atom stereocenters. The first-order chi connectivity index (χ1) is 8.70. The van der Waals surface area contributed by atoms with Crippen LogP contribution >= 0.6 is 0 Å². The number of nitrogens with one attached hydrogen (secondary N) is 1. The summed E-state index contributed by atoms with van der Waals surface area (Å²) in [6, 6.07) is 11.1. The van der Waals surface area contributed by atoms with E-state index in [1.165, 1.54) is 0 Å². The minimum atomic E-state index is -0.458. The number of rotatable bonds is 4. The van der Waals surface area contributed by atoms with Crippen LogP contribution in [0.3, 0.4) is 0 Å². The summed E-state index contributed by atoms with van der Waals surface area (Å²) in [5.41, 5.74) is 7.44. The first kappa shape index (κ1) is 12.4. The van der Waals surface area contributed by atoms with E-state index >= 15 is 0 Å². The van der Waals surface area contributed by atoms with Gasteiger partial charge in [-0.05, 0) is 36.8 Å². The van der Waals surface area contributed by atoms with Gasteiger partial charge in [-0.1, -0.05) is 13.0 Å². The lowest BCUT2D eigenvalue weighted by molar-refractivity contribution is -0.117. The Bertz CT molecular complexity index is 520. The molecule has 1 aromatic heterocycles. The molecule has 0 radical (unpaired) electrons. The van der Waals surface area contributed by atoms with Gasteiger partial charge in [0.15, 0.2) is 0 Å². The van der Waals surface area contributed by atoms with E-state index in [0.717, 1.165) is 11.4 Å². The molecular weight excluding hydrogens is 226 g/mol. The van der Waals surface area contributed by atoms with Crippen molar-refractivity contribution in [3.05, 3.63) is 48.8 Å². The lowest BCUT2D eigenvalue weighted by atomic mass is 10.2. The molecule has 4 heteroatoms. The van der Waals surface area contributed by atoms with E-state index in [4.69, 9.17) is 5.73 Å². The normalized spacial score (nSPS) is 12.1. The Balaban J connectivity index is 2.16. The molecular formula is C14H17N3O. The molecule has 4 nitrogen and oxygen atoms in total. The average Bonchev–Trinajstić information content (AvgIpc) is 2.92. The molecule has 0 fully saturated rings. The summed E-state index contributed by atoms with van der Waals surface area (Å²) in [7, 11) is 0.